The minimum absolute atomic E-state index is 0.0490. The first-order valence-electron chi connectivity index (χ1n) is 8.36. The smallest absolute Gasteiger partial charge is 0.352 e. The molecule has 0 spiro atoms. The summed E-state index contributed by atoms with van der Waals surface area (Å²) in [6, 6.07) is 6.74. The summed E-state index contributed by atoms with van der Waals surface area (Å²) in [4.78, 5) is 24.0. The minimum Gasteiger partial charge on any atom is -0.352 e. The summed E-state index contributed by atoms with van der Waals surface area (Å²) < 4.78 is 77.4. The number of hydrogen-bond acceptors (Lipinski definition) is 2. The van der Waals surface area contributed by atoms with E-state index in [4.69, 9.17) is 0 Å². The van der Waals surface area contributed by atoms with Crippen molar-refractivity contribution >= 4 is 11.8 Å². The molecule has 2 rings (SSSR count). The van der Waals surface area contributed by atoms with Crippen molar-refractivity contribution in [2.24, 2.45) is 0 Å². The standard InChI is InChI=1S/C19H16F6N2O2/c1-2-26-16(28)12-5-3-4-11(6-12)10-27-17(29)13-7-14(18(20,21)22)9-15(8-13)19(23,24)25/h3-9H,2,10H2,1H3,(H,26,28)(H,27,29). The van der Waals surface area contributed by atoms with Crippen LogP contribution in [0.15, 0.2) is 42.5 Å². The first-order chi connectivity index (χ1) is 13.4. The van der Waals surface area contributed by atoms with Crippen molar-refractivity contribution in [1.29, 1.82) is 0 Å². The number of alkyl halides is 6. The molecule has 29 heavy (non-hydrogen) atoms. The van der Waals surface area contributed by atoms with Crippen LogP contribution in [0.4, 0.5) is 26.3 Å². The first-order valence-corrected chi connectivity index (χ1v) is 8.36. The van der Waals surface area contributed by atoms with Crippen LogP contribution in [-0.2, 0) is 18.9 Å². The third-order valence-electron chi connectivity index (χ3n) is 3.83. The van der Waals surface area contributed by atoms with Gasteiger partial charge in [-0.25, -0.2) is 0 Å². The Morgan fingerprint density at radius 3 is 1.86 bits per heavy atom. The number of rotatable bonds is 5. The van der Waals surface area contributed by atoms with Gasteiger partial charge in [-0.2, -0.15) is 26.3 Å². The van der Waals surface area contributed by atoms with E-state index in [2.05, 4.69) is 10.6 Å². The Morgan fingerprint density at radius 2 is 1.34 bits per heavy atom. The zero-order valence-electron chi connectivity index (χ0n) is 15.0. The zero-order valence-corrected chi connectivity index (χ0v) is 15.0. The minimum atomic E-state index is -5.04. The third kappa shape index (κ3) is 5.97. The molecule has 0 aliphatic heterocycles. The van der Waals surface area contributed by atoms with Crippen molar-refractivity contribution in [3.8, 4) is 0 Å². The number of benzene rings is 2. The summed E-state index contributed by atoms with van der Waals surface area (Å²) in [6.07, 6.45) is -10.1. The summed E-state index contributed by atoms with van der Waals surface area (Å²) in [5.41, 5.74) is -3.17. The molecule has 0 aliphatic carbocycles. The molecule has 2 amide bonds. The fraction of sp³-hybridized carbons (Fsp3) is 0.263. The van der Waals surface area contributed by atoms with Gasteiger partial charge in [-0.05, 0) is 42.8 Å². The Morgan fingerprint density at radius 1 is 0.793 bits per heavy atom. The Kier molecular flexibility index (Phi) is 6.55. The van der Waals surface area contributed by atoms with Crippen LogP contribution in [0.5, 0.6) is 0 Å². The van der Waals surface area contributed by atoms with Crippen molar-refractivity contribution in [3.05, 3.63) is 70.3 Å². The van der Waals surface area contributed by atoms with Crippen molar-refractivity contribution in [2.45, 2.75) is 25.8 Å². The van der Waals surface area contributed by atoms with E-state index < -0.39 is 35.0 Å². The monoisotopic (exact) mass is 418 g/mol. The molecule has 0 radical (unpaired) electrons. The van der Waals surface area contributed by atoms with Gasteiger partial charge in [0, 0.05) is 24.2 Å². The summed E-state index contributed by atoms with van der Waals surface area (Å²) in [7, 11) is 0. The van der Waals surface area contributed by atoms with E-state index in [1.54, 1.807) is 13.0 Å². The number of halogens is 6. The fourth-order valence-electron chi connectivity index (χ4n) is 2.46. The molecule has 156 valence electrons. The topological polar surface area (TPSA) is 58.2 Å². The van der Waals surface area contributed by atoms with Crippen LogP contribution < -0.4 is 10.6 Å². The number of amides is 2. The summed E-state index contributed by atoms with van der Waals surface area (Å²) in [5.74, 6) is -1.46. The van der Waals surface area contributed by atoms with Gasteiger partial charge in [0.1, 0.15) is 0 Å². The van der Waals surface area contributed by atoms with Crippen LogP contribution in [0.2, 0.25) is 0 Å². The van der Waals surface area contributed by atoms with Gasteiger partial charge in [0.2, 0.25) is 0 Å². The molecule has 0 unspecified atom stereocenters. The molecule has 2 N–H and O–H groups in total. The van der Waals surface area contributed by atoms with Crippen LogP contribution in [0, 0.1) is 0 Å². The summed E-state index contributed by atoms with van der Waals surface area (Å²) in [6.45, 7) is 1.94. The van der Waals surface area contributed by atoms with Gasteiger partial charge in [0.15, 0.2) is 0 Å². The van der Waals surface area contributed by atoms with Crippen LogP contribution >= 0.6 is 0 Å². The molecule has 10 heteroatoms. The van der Waals surface area contributed by atoms with Gasteiger partial charge >= 0.3 is 12.4 Å². The molecule has 0 fully saturated rings. The number of carbonyl (C=O) groups is 2. The lowest BCUT2D eigenvalue weighted by molar-refractivity contribution is -0.143. The predicted octanol–water partition coefficient (Wildman–Crippen LogP) is 4.40. The van der Waals surface area contributed by atoms with Gasteiger partial charge in [-0.1, -0.05) is 12.1 Å². The summed E-state index contributed by atoms with van der Waals surface area (Å²) in [5, 5.41) is 4.85. The average Bonchev–Trinajstić information content (AvgIpc) is 2.64. The quantitative estimate of drug-likeness (QED) is 0.707. The van der Waals surface area contributed by atoms with E-state index in [9.17, 15) is 35.9 Å². The largest absolute Gasteiger partial charge is 0.416 e. The van der Waals surface area contributed by atoms with Gasteiger partial charge in [-0.3, -0.25) is 9.59 Å². The second kappa shape index (κ2) is 8.54. The van der Waals surface area contributed by atoms with Crippen molar-refractivity contribution in [3.63, 3.8) is 0 Å². The maximum Gasteiger partial charge on any atom is 0.416 e. The van der Waals surface area contributed by atoms with E-state index >= 15 is 0 Å². The van der Waals surface area contributed by atoms with Crippen LogP contribution in [0.1, 0.15) is 44.3 Å². The molecule has 2 aromatic carbocycles. The molecule has 0 aliphatic rings. The first kappa shape index (κ1) is 22.3. The summed E-state index contributed by atoms with van der Waals surface area (Å²) >= 11 is 0. The van der Waals surface area contributed by atoms with Gasteiger partial charge in [-0.15, -0.1) is 0 Å². The van der Waals surface area contributed by atoms with E-state index in [0.717, 1.165) is 0 Å². The highest BCUT2D eigenvalue weighted by Gasteiger charge is 2.37. The Balaban J connectivity index is 2.23. The highest BCUT2D eigenvalue weighted by atomic mass is 19.4. The van der Waals surface area contributed by atoms with Crippen LogP contribution in [0.3, 0.4) is 0 Å². The number of carbonyl (C=O) groups excluding carboxylic acids is 2. The SMILES string of the molecule is CCNC(=O)c1cccc(CNC(=O)c2cc(C(F)(F)F)cc(C(F)(F)F)c2)c1. The van der Waals surface area contributed by atoms with Crippen LogP contribution in [-0.4, -0.2) is 18.4 Å². The van der Waals surface area contributed by atoms with Crippen molar-refractivity contribution in [2.75, 3.05) is 6.54 Å². The normalized spacial score (nSPS) is 11.8. The molecular weight excluding hydrogens is 402 g/mol. The van der Waals surface area contributed by atoms with E-state index in [0.29, 0.717) is 29.8 Å². The Labute approximate surface area is 161 Å². The number of hydrogen-bond donors (Lipinski definition) is 2. The molecule has 2 aromatic rings. The zero-order chi connectivity index (χ0) is 21.8. The maximum absolute atomic E-state index is 12.9. The van der Waals surface area contributed by atoms with Crippen molar-refractivity contribution in [1.82, 2.24) is 10.6 Å². The molecule has 0 saturated heterocycles. The van der Waals surface area contributed by atoms with Gasteiger partial charge < -0.3 is 10.6 Å². The average molecular weight is 418 g/mol. The molecule has 0 aromatic heterocycles. The van der Waals surface area contributed by atoms with Gasteiger partial charge in [0.05, 0.1) is 11.1 Å². The Bertz CT molecular complexity index is 874. The van der Waals surface area contributed by atoms with Crippen molar-refractivity contribution < 1.29 is 35.9 Å². The molecule has 0 heterocycles. The predicted molar refractivity (Wildman–Crippen MR) is 92.1 cm³/mol. The molecular formula is C19H16F6N2O2. The fourth-order valence-corrected chi connectivity index (χ4v) is 2.46. The lowest BCUT2D eigenvalue weighted by Gasteiger charge is -2.14. The second-order valence-corrected chi connectivity index (χ2v) is 6.04. The molecule has 0 saturated carbocycles. The molecule has 0 bridgehead atoms. The highest BCUT2D eigenvalue weighted by molar-refractivity contribution is 5.95. The van der Waals surface area contributed by atoms with E-state index in [1.807, 2.05) is 0 Å². The van der Waals surface area contributed by atoms with Gasteiger partial charge in [0.25, 0.3) is 11.8 Å². The van der Waals surface area contributed by atoms with E-state index in [1.165, 1.54) is 18.2 Å². The lowest BCUT2D eigenvalue weighted by Crippen LogP contribution is -2.25. The van der Waals surface area contributed by atoms with Crippen LogP contribution in [0.25, 0.3) is 0 Å². The molecule has 4 nitrogen and oxygen atoms in total. The second-order valence-electron chi connectivity index (χ2n) is 6.04. The van der Waals surface area contributed by atoms with E-state index in [-0.39, 0.29) is 18.5 Å². The lowest BCUT2D eigenvalue weighted by atomic mass is 10.0. The third-order valence-corrected chi connectivity index (χ3v) is 3.83. The molecule has 0 atom stereocenters. The Hall–Kier alpha value is -3.04. The maximum atomic E-state index is 12.9. The number of nitrogens with one attached hydrogen (secondary N) is 2. The highest BCUT2D eigenvalue weighted by Crippen LogP contribution is 2.36.